The molecule has 1 unspecified atom stereocenters. The van der Waals surface area contributed by atoms with Gasteiger partial charge in [-0.1, -0.05) is 29.8 Å². The zero-order valence-corrected chi connectivity index (χ0v) is 20.2. The number of nitrogens with one attached hydrogen (secondary N) is 1. The van der Waals surface area contributed by atoms with Crippen molar-refractivity contribution < 1.29 is 4.21 Å². The van der Waals surface area contributed by atoms with Gasteiger partial charge < -0.3 is 19.1 Å². The summed E-state index contributed by atoms with van der Waals surface area (Å²) in [6.07, 6.45) is 3.83. The summed E-state index contributed by atoms with van der Waals surface area (Å²) in [5.41, 5.74) is 5.00. The molecule has 1 fully saturated rings. The zero-order chi connectivity index (χ0) is 22.9. The predicted molar refractivity (Wildman–Crippen MR) is 137 cm³/mol. The van der Waals surface area contributed by atoms with E-state index in [1.54, 1.807) is 30.5 Å². The third kappa shape index (κ3) is 4.49. The summed E-state index contributed by atoms with van der Waals surface area (Å²) in [4.78, 5) is 10.0. The monoisotopic (exact) mass is 479 g/mol. The van der Waals surface area contributed by atoms with Gasteiger partial charge >= 0.3 is 0 Å². The first-order chi connectivity index (χ1) is 16.0. The molecule has 0 amide bonds. The Morgan fingerprint density at radius 3 is 2.58 bits per heavy atom. The van der Waals surface area contributed by atoms with Gasteiger partial charge in [0.25, 0.3) is 0 Å². The summed E-state index contributed by atoms with van der Waals surface area (Å²) in [6.45, 7) is 4.16. The van der Waals surface area contributed by atoms with Crippen molar-refractivity contribution in [1.82, 2.24) is 14.5 Å². The Hall–Kier alpha value is -2.87. The van der Waals surface area contributed by atoms with Crippen LogP contribution in [-0.2, 0) is 18.0 Å². The number of hydrogen-bond donors (Lipinski definition) is 1. The molecule has 6 nitrogen and oxygen atoms in total. The van der Waals surface area contributed by atoms with E-state index < -0.39 is 11.0 Å². The van der Waals surface area contributed by atoms with Crippen LogP contribution in [0.1, 0.15) is 0 Å². The molecule has 1 aliphatic heterocycles. The number of rotatable bonds is 5. The van der Waals surface area contributed by atoms with Gasteiger partial charge in [-0.15, -0.1) is 0 Å². The maximum absolute atomic E-state index is 13.1. The van der Waals surface area contributed by atoms with Crippen molar-refractivity contribution >= 4 is 45.0 Å². The van der Waals surface area contributed by atoms with E-state index in [1.807, 2.05) is 17.7 Å². The minimum Gasteiger partial charge on any atom is -0.369 e. The fourth-order valence-electron chi connectivity index (χ4n) is 4.28. The molecule has 2 aromatic heterocycles. The molecule has 8 heteroatoms. The number of fused-ring (bicyclic) bond motifs is 1. The highest BCUT2D eigenvalue weighted by atomic mass is 35.5. The molecule has 0 radical (unpaired) electrons. The first-order valence-corrected chi connectivity index (χ1v) is 12.4. The van der Waals surface area contributed by atoms with Crippen LogP contribution in [0.25, 0.3) is 22.2 Å². The van der Waals surface area contributed by atoms with E-state index in [0.717, 1.165) is 54.0 Å². The molecule has 1 N–H and O–H groups in total. The Labute approximate surface area is 201 Å². The van der Waals surface area contributed by atoms with Crippen LogP contribution in [0.3, 0.4) is 0 Å². The number of hydrogen-bond acceptors (Lipinski definition) is 4. The highest BCUT2D eigenvalue weighted by molar-refractivity contribution is 7.86. The lowest BCUT2D eigenvalue weighted by Gasteiger charge is -2.34. The van der Waals surface area contributed by atoms with Gasteiger partial charge in [-0.3, -0.25) is 0 Å². The Morgan fingerprint density at radius 1 is 1.00 bits per heavy atom. The molecule has 0 spiro atoms. The Balaban J connectivity index is 1.53. The molecule has 1 saturated heterocycles. The van der Waals surface area contributed by atoms with Gasteiger partial charge in [-0.2, -0.15) is 0 Å². The lowest BCUT2D eigenvalue weighted by atomic mass is 10.0. The summed E-state index contributed by atoms with van der Waals surface area (Å²) < 4.78 is 18.2. The van der Waals surface area contributed by atoms with E-state index in [0.29, 0.717) is 9.92 Å². The molecule has 0 bridgehead atoms. The summed E-state index contributed by atoms with van der Waals surface area (Å²) in [5.74, 6) is 0. The van der Waals surface area contributed by atoms with Crippen LogP contribution in [0.4, 0.5) is 11.4 Å². The fraction of sp³-hybridized carbons (Fsp3) is 0.240. The maximum atomic E-state index is 13.1. The number of nitrogens with zero attached hydrogens (tertiary/aromatic N) is 4. The average Bonchev–Trinajstić information content (AvgIpc) is 3.17. The highest BCUT2D eigenvalue weighted by Crippen LogP contribution is 2.36. The first kappa shape index (κ1) is 21.9. The van der Waals surface area contributed by atoms with Crippen molar-refractivity contribution in [3.8, 4) is 11.1 Å². The average molecular weight is 480 g/mol. The number of piperazine rings is 1. The lowest BCUT2D eigenvalue weighted by Crippen LogP contribution is -2.44. The second-order valence-electron chi connectivity index (χ2n) is 8.38. The summed E-state index contributed by atoms with van der Waals surface area (Å²) in [5, 5.41) is 1.51. The molecule has 4 aromatic rings. The van der Waals surface area contributed by atoms with Gasteiger partial charge in [0.1, 0.15) is 16.6 Å². The highest BCUT2D eigenvalue weighted by Gasteiger charge is 2.18. The van der Waals surface area contributed by atoms with Crippen LogP contribution >= 0.6 is 11.6 Å². The van der Waals surface area contributed by atoms with Crippen molar-refractivity contribution in [2.45, 2.75) is 4.90 Å². The van der Waals surface area contributed by atoms with Crippen LogP contribution in [0, 0.1) is 0 Å². The number of anilines is 2. The molecular formula is C25H26ClN5OS. The quantitative estimate of drug-likeness (QED) is 0.447. The van der Waals surface area contributed by atoms with Crippen molar-refractivity contribution in [1.29, 1.82) is 0 Å². The van der Waals surface area contributed by atoms with Gasteiger partial charge in [0.05, 0.1) is 16.0 Å². The Kier molecular flexibility index (Phi) is 6.10. The first-order valence-electron chi connectivity index (χ1n) is 10.9. The standard InChI is InChI=1S/C25H26ClN5OS/c1-29-11-13-31(14-12-29)20-7-3-5-18(15-20)22-17-30(2)25-24(22)23(9-10-27-25)28-33(32)21-8-4-6-19(26)16-21/h3-10,15-17H,11-14H2,1-2H3,(H,27,28). The fourth-order valence-corrected chi connectivity index (χ4v) is 5.46. The second-order valence-corrected chi connectivity index (χ2v) is 10.0. The maximum Gasteiger partial charge on any atom is 0.150 e. The van der Waals surface area contributed by atoms with Gasteiger partial charge in [0.2, 0.25) is 0 Å². The number of aryl methyl sites for hydroxylation is 1. The number of pyridine rings is 1. The molecule has 1 aliphatic rings. The van der Waals surface area contributed by atoms with Crippen LogP contribution in [-0.4, -0.2) is 51.9 Å². The molecule has 33 heavy (non-hydrogen) atoms. The van der Waals surface area contributed by atoms with Crippen LogP contribution in [0.15, 0.2) is 71.9 Å². The number of benzene rings is 2. The number of aromatic nitrogens is 2. The minimum absolute atomic E-state index is 0.559. The van der Waals surface area contributed by atoms with Crippen molar-refractivity contribution in [3.05, 3.63) is 72.0 Å². The molecule has 0 aliphatic carbocycles. The smallest absolute Gasteiger partial charge is 0.150 e. The third-order valence-corrected chi connectivity index (χ3v) is 7.42. The minimum atomic E-state index is -1.45. The molecule has 1 atom stereocenters. The van der Waals surface area contributed by atoms with E-state index in [1.165, 1.54) is 5.69 Å². The predicted octanol–water partition coefficient (Wildman–Crippen LogP) is 4.78. The third-order valence-electron chi connectivity index (χ3n) is 6.10. The topological polar surface area (TPSA) is 53.4 Å². The summed E-state index contributed by atoms with van der Waals surface area (Å²) in [7, 11) is 2.70. The van der Waals surface area contributed by atoms with E-state index in [2.05, 4.69) is 57.0 Å². The molecule has 0 saturated carbocycles. The molecule has 5 rings (SSSR count). The molecular weight excluding hydrogens is 454 g/mol. The van der Waals surface area contributed by atoms with E-state index in [9.17, 15) is 4.21 Å². The van der Waals surface area contributed by atoms with Crippen LogP contribution in [0.2, 0.25) is 5.02 Å². The largest absolute Gasteiger partial charge is 0.369 e. The van der Waals surface area contributed by atoms with Crippen molar-refractivity contribution in [2.24, 2.45) is 7.05 Å². The Bertz CT molecular complexity index is 1330. The summed E-state index contributed by atoms with van der Waals surface area (Å²) >= 11 is 6.10. The molecule has 2 aromatic carbocycles. The van der Waals surface area contributed by atoms with E-state index >= 15 is 0 Å². The SMILES string of the molecule is CN1CCN(c2cccc(-c3cn(C)c4nccc(NS(=O)c5cccc(Cl)c5)c34)c2)CC1. The lowest BCUT2D eigenvalue weighted by molar-refractivity contribution is 0.313. The van der Waals surface area contributed by atoms with E-state index in [-0.39, 0.29) is 0 Å². The normalized spacial score (nSPS) is 15.7. The number of halogens is 1. The van der Waals surface area contributed by atoms with Gasteiger partial charge in [-0.25, -0.2) is 9.19 Å². The Morgan fingerprint density at radius 2 is 1.79 bits per heavy atom. The number of likely N-dealkylation sites (N-methyl/N-ethyl adjacent to an activating group) is 1. The molecule has 3 heterocycles. The van der Waals surface area contributed by atoms with Crippen LogP contribution in [0.5, 0.6) is 0 Å². The zero-order valence-electron chi connectivity index (χ0n) is 18.7. The van der Waals surface area contributed by atoms with E-state index in [4.69, 9.17) is 11.6 Å². The van der Waals surface area contributed by atoms with Crippen molar-refractivity contribution in [3.63, 3.8) is 0 Å². The van der Waals surface area contributed by atoms with Crippen LogP contribution < -0.4 is 9.62 Å². The van der Waals surface area contributed by atoms with Crippen molar-refractivity contribution in [2.75, 3.05) is 42.8 Å². The molecule has 170 valence electrons. The second kappa shape index (κ2) is 9.17. The van der Waals surface area contributed by atoms with Gasteiger partial charge in [-0.05, 0) is 49.0 Å². The summed E-state index contributed by atoms with van der Waals surface area (Å²) in [6, 6.07) is 17.6. The van der Waals surface area contributed by atoms with Gasteiger partial charge in [0.15, 0.2) is 0 Å². The van der Waals surface area contributed by atoms with Gasteiger partial charge in [0, 0.05) is 61.9 Å².